The molecule has 1 aromatic rings. The van der Waals surface area contributed by atoms with Gasteiger partial charge in [-0.05, 0) is 32.6 Å². The van der Waals surface area contributed by atoms with Crippen molar-refractivity contribution in [2.75, 3.05) is 0 Å². The van der Waals surface area contributed by atoms with Crippen molar-refractivity contribution in [1.29, 1.82) is 0 Å². The van der Waals surface area contributed by atoms with Gasteiger partial charge in [0.15, 0.2) is 0 Å². The molecule has 0 radical (unpaired) electrons. The van der Waals surface area contributed by atoms with Crippen molar-refractivity contribution in [2.24, 2.45) is 11.7 Å². The molecule has 0 saturated heterocycles. The quantitative estimate of drug-likeness (QED) is 0.828. The van der Waals surface area contributed by atoms with E-state index in [0.717, 1.165) is 11.6 Å². The molecule has 1 fully saturated rings. The summed E-state index contributed by atoms with van der Waals surface area (Å²) < 4.78 is 2.26. The van der Waals surface area contributed by atoms with Gasteiger partial charge in [-0.25, -0.2) is 4.98 Å². The van der Waals surface area contributed by atoms with Crippen LogP contribution in [0.15, 0.2) is 12.5 Å². The Labute approximate surface area is 91.7 Å². The van der Waals surface area contributed by atoms with E-state index in [2.05, 4.69) is 16.5 Å². The van der Waals surface area contributed by atoms with Crippen molar-refractivity contribution in [1.82, 2.24) is 9.55 Å². The summed E-state index contributed by atoms with van der Waals surface area (Å²) in [5, 5.41) is 0. The Bertz CT molecular complexity index is 310. The van der Waals surface area contributed by atoms with Crippen molar-refractivity contribution >= 4 is 0 Å². The molecule has 1 aromatic heterocycles. The minimum atomic E-state index is 0.0800. The summed E-state index contributed by atoms with van der Waals surface area (Å²) in [6.45, 7) is 4.32. The van der Waals surface area contributed by atoms with Crippen LogP contribution in [0.25, 0.3) is 0 Å². The van der Waals surface area contributed by atoms with Gasteiger partial charge in [0.25, 0.3) is 0 Å². The van der Waals surface area contributed by atoms with Gasteiger partial charge in [0.2, 0.25) is 0 Å². The summed E-state index contributed by atoms with van der Waals surface area (Å²) in [5.41, 5.74) is 7.10. The lowest BCUT2D eigenvalue weighted by molar-refractivity contribution is 0.350. The van der Waals surface area contributed by atoms with E-state index >= 15 is 0 Å². The number of aromatic nitrogens is 2. The maximum absolute atomic E-state index is 5.93. The molecule has 15 heavy (non-hydrogen) atoms. The van der Waals surface area contributed by atoms with E-state index in [1.165, 1.54) is 25.7 Å². The molecule has 2 rings (SSSR count). The normalized spacial score (nSPS) is 21.8. The average Bonchev–Trinajstić information content (AvgIpc) is 2.88. The van der Waals surface area contributed by atoms with Crippen LogP contribution in [0.2, 0.25) is 0 Å². The second-order valence-corrected chi connectivity index (χ2v) is 4.80. The Morgan fingerprint density at radius 1 is 1.40 bits per heavy atom. The highest BCUT2D eigenvalue weighted by molar-refractivity contribution is 5.05. The zero-order valence-corrected chi connectivity index (χ0v) is 9.69. The van der Waals surface area contributed by atoms with Gasteiger partial charge in [-0.2, -0.15) is 0 Å². The van der Waals surface area contributed by atoms with Gasteiger partial charge < -0.3 is 10.3 Å². The molecular formula is C12H21N3. The summed E-state index contributed by atoms with van der Waals surface area (Å²) >= 11 is 0. The van der Waals surface area contributed by atoms with E-state index in [-0.39, 0.29) is 6.04 Å². The summed E-state index contributed by atoms with van der Waals surface area (Å²) in [7, 11) is 0. The Morgan fingerprint density at radius 3 is 2.67 bits per heavy atom. The lowest BCUT2D eigenvalue weighted by atomic mass is 9.99. The zero-order valence-electron chi connectivity index (χ0n) is 9.69. The van der Waals surface area contributed by atoms with E-state index < -0.39 is 0 Å². The van der Waals surface area contributed by atoms with Gasteiger partial charge in [-0.15, -0.1) is 0 Å². The minimum absolute atomic E-state index is 0.0800. The molecule has 1 unspecified atom stereocenters. The van der Waals surface area contributed by atoms with Crippen molar-refractivity contribution in [3.63, 3.8) is 0 Å². The molecule has 0 aliphatic heterocycles. The molecule has 0 amide bonds. The predicted molar refractivity (Wildman–Crippen MR) is 61.5 cm³/mol. The maximum atomic E-state index is 5.93. The second kappa shape index (κ2) is 4.35. The van der Waals surface area contributed by atoms with Crippen molar-refractivity contribution in [3.8, 4) is 0 Å². The number of nitrogens with zero attached hydrogens (tertiary/aromatic N) is 2. The lowest BCUT2D eigenvalue weighted by Crippen LogP contribution is -2.19. The molecular weight excluding hydrogens is 186 g/mol. The Kier molecular flexibility index (Phi) is 3.10. The van der Waals surface area contributed by atoms with Crippen molar-refractivity contribution < 1.29 is 0 Å². The molecule has 1 aliphatic rings. The molecule has 84 valence electrons. The summed E-state index contributed by atoms with van der Waals surface area (Å²) in [6.07, 6.45) is 9.32. The van der Waals surface area contributed by atoms with Crippen LogP contribution in [0, 0.1) is 5.92 Å². The lowest BCUT2D eigenvalue weighted by Gasteiger charge is -2.23. The largest absolute Gasteiger partial charge is 0.330 e. The van der Waals surface area contributed by atoms with Gasteiger partial charge in [0, 0.05) is 18.3 Å². The molecule has 2 atom stereocenters. The number of rotatable bonds is 3. The molecule has 1 heterocycles. The highest BCUT2D eigenvalue weighted by atomic mass is 15.1. The minimum Gasteiger partial charge on any atom is -0.330 e. The Hall–Kier alpha value is -0.830. The highest BCUT2D eigenvalue weighted by Gasteiger charge is 2.24. The monoisotopic (exact) mass is 207 g/mol. The Morgan fingerprint density at radius 2 is 2.07 bits per heavy atom. The summed E-state index contributed by atoms with van der Waals surface area (Å²) in [4.78, 5) is 4.22. The first-order valence-corrected chi connectivity index (χ1v) is 5.97. The van der Waals surface area contributed by atoms with E-state index in [9.17, 15) is 0 Å². The van der Waals surface area contributed by atoms with Crippen LogP contribution in [0.5, 0.6) is 0 Å². The van der Waals surface area contributed by atoms with Crippen LogP contribution >= 0.6 is 0 Å². The first-order valence-electron chi connectivity index (χ1n) is 5.97. The number of hydrogen-bond acceptors (Lipinski definition) is 2. The third-order valence-corrected chi connectivity index (χ3v) is 3.68. The molecule has 0 aromatic carbocycles. The van der Waals surface area contributed by atoms with Crippen LogP contribution in [0.3, 0.4) is 0 Å². The highest BCUT2D eigenvalue weighted by Crippen LogP contribution is 2.34. The third kappa shape index (κ3) is 2.07. The zero-order chi connectivity index (χ0) is 10.8. The molecule has 0 spiro atoms. The smallest absolute Gasteiger partial charge is 0.0951 e. The Balaban J connectivity index is 2.16. The van der Waals surface area contributed by atoms with Crippen molar-refractivity contribution in [2.45, 2.75) is 51.6 Å². The number of hydrogen-bond donors (Lipinski definition) is 1. The molecule has 1 aliphatic carbocycles. The van der Waals surface area contributed by atoms with Crippen LogP contribution in [0.1, 0.15) is 57.3 Å². The third-order valence-electron chi connectivity index (χ3n) is 3.68. The van der Waals surface area contributed by atoms with Gasteiger partial charge >= 0.3 is 0 Å². The van der Waals surface area contributed by atoms with Gasteiger partial charge in [-0.1, -0.05) is 12.8 Å². The first-order chi connectivity index (χ1) is 7.20. The number of nitrogens with two attached hydrogens (primary N) is 1. The average molecular weight is 207 g/mol. The topological polar surface area (TPSA) is 43.8 Å². The summed E-state index contributed by atoms with van der Waals surface area (Å²) in [5.74, 6) is 0.816. The fourth-order valence-electron chi connectivity index (χ4n) is 2.67. The summed E-state index contributed by atoms with van der Waals surface area (Å²) in [6, 6.07) is 0.632. The van der Waals surface area contributed by atoms with Crippen LogP contribution in [-0.4, -0.2) is 9.55 Å². The number of imidazole rings is 1. The first kappa shape index (κ1) is 10.7. The molecule has 1 saturated carbocycles. The standard InChI is InChI=1S/C12H21N3/c1-9(13)12-7-14-8-15(12)10(2)11-5-3-4-6-11/h7-11H,3-6,13H2,1-2H3/t9-,10?/m0/s1. The predicted octanol–water partition coefficient (Wildman–Crippen LogP) is 2.65. The van der Waals surface area contributed by atoms with Gasteiger partial charge in [-0.3, -0.25) is 0 Å². The molecule has 0 bridgehead atoms. The molecule has 3 nitrogen and oxygen atoms in total. The van der Waals surface area contributed by atoms with Gasteiger partial charge in [0.05, 0.1) is 12.0 Å². The second-order valence-electron chi connectivity index (χ2n) is 4.80. The van der Waals surface area contributed by atoms with E-state index in [0.29, 0.717) is 6.04 Å². The van der Waals surface area contributed by atoms with Crippen LogP contribution in [-0.2, 0) is 0 Å². The van der Waals surface area contributed by atoms with Crippen LogP contribution in [0.4, 0.5) is 0 Å². The fraction of sp³-hybridized carbons (Fsp3) is 0.750. The maximum Gasteiger partial charge on any atom is 0.0951 e. The van der Waals surface area contributed by atoms with Gasteiger partial charge in [0.1, 0.15) is 0 Å². The van der Waals surface area contributed by atoms with Crippen LogP contribution < -0.4 is 5.73 Å². The van der Waals surface area contributed by atoms with Crippen molar-refractivity contribution in [3.05, 3.63) is 18.2 Å². The SMILES string of the molecule is CC(C1CCCC1)n1cncc1[C@H](C)N. The molecule has 3 heteroatoms. The molecule has 2 N–H and O–H groups in total. The van der Waals surface area contributed by atoms with E-state index in [1.807, 2.05) is 19.4 Å². The van der Waals surface area contributed by atoms with E-state index in [4.69, 9.17) is 5.73 Å². The van der Waals surface area contributed by atoms with E-state index in [1.54, 1.807) is 0 Å². The fourth-order valence-corrected chi connectivity index (χ4v) is 2.67.